The number of ketones is 1. The molecule has 2 aromatic rings. The third kappa shape index (κ3) is 3.55. The number of halogens is 4. The first kappa shape index (κ1) is 14.9. The molecule has 104 valence electrons. The molecule has 0 spiro atoms. The number of carbonyl (C=O) groups is 1. The van der Waals surface area contributed by atoms with E-state index in [0.717, 1.165) is 12.1 Å². The first-order valence-electron chi connectivity index (χ1n) is 5.53. The van der Waals surface area contributed by atoms with Crippen LogP contribution in [0.4, 0.5) is 8.78 Å². The number of Topliss-reactive ketones (excluding diaryl/α,β-unsaturated/α-hetero) is 1. The van der Waals surface area contributed by atoms with E-state index in [1.807, 2.05) is 0 Å². The topological polar surface area (TPSA) is 26.3 Å². The fourth-order valence-corrected chi connectivity index (χ4v) is 2.29. The molecule has 0 unspecified atom stereocenters. The van der Waals surface area contributed by atoms with Crippen molar-refractivity contribution in [2.24, 2.45) is 0 Å². The summed E-state index contributed by atoms with van der Waals surface area (Å²) in [4.78, 5) is 11.8. The molecule has 6 heteroatoms. The van der Waals surface area contributed by atoms with E-state index in [-0.39, 0.29) is 12.2 Å². The van der Waals surface area contributed by atoms with Crippen molar-refractivity contribution >= 4 is 33.3 Å². The van der Waals surface area contributed by atoms with Gasteiger partial charge in [0.15, 0.2) is 24.0 Å². The van der Waals surface area contributed by atoms with E-state index in [2.05, 4.69) is 15.9 Å². The number of hydrogen-bond donors (Lipinski definition) is 0. The molecule has 0 amide bonds. The Kier molecular flexibility index (Phi) is 4.73. The Balaban J connectivity index is 2.06. The van der Waals surface area contributed by atoms with Gasteiger partial charge in [-0.05, 0) is 52.3 Å². The Hall–Kier alpha value is -1.46. The van der Waals surface area contributed by atoms with Crippen molar-refractivity contribution in [3.63, 3.8) is 0 Å². The van der Waals surface area contributed by atoms with Crippen molar-refractivity contribution in [3.05, 3.63) is 63.1 Å². The highest BCUT2D eigenvalue weighted by Gasteiger charge is 2.11. The van der Waals surface area contributed by atoms with Gasteiger partial charge in [0.1, 0.15) is 5.75 Å². The van der Waals surface area contributed by atoms with E-state index in [0.29, 0.717) is 15.2 Å². The van der Waals surface area contributed by atoms with Crippen LogP contribution in [0.3, 0.4) is 0 Å². The molecule has 2 rings (SSSR count). The zero-order chi connectivity index (χ0) is 14.7. The molecular formula is C14H8BrClF2O2. The molecular weight excluding hydrogens is 354 g/mol. The third-order valence-corrected chi connectivity index (χ3v) is 3.35. The van der Waals surface area contributed by atoms with Crippen LogP contribution in [0.25, 0.3) is 0 Å². The van der Waals surface area contributed by atoms with E-state index in [1.54, 1.807) is 18.2 Å². The molecule has 0 saturated heterocycles. The Morgan fingerprint density at radius 1 is 1.15 bits per heavy atom. The molecule has 0 fully saturated rings. The molecule has 0 aliphatic rings. The normalized spacial score (nSPS) is 10.4. The maximum absolute atomic E-state index is 13.0. The average Bonchev–Trinajstić information content (AvgIpc) is 2.40. The molecule has 0 aliphatic carbocycles. The Bertz CT molecular complexity index is 662. The van der Waals surface area contributed by atoms with Crippen molar-refractivity contribution in [2.75, 3.05) is 6.61 Å². The lowest BCUT2D eigenvalue weighted by molar-refractivity contribution is 0.0920. The Labute approximate surface area is 127 Å². The van der Waals surface area contributed by atoms with Gasteiger partial charge in [-0.25, -0.2) is 8.78 Å². The summed E-state index contributed by atoms with van der Waals surface area (Å²) in [5, 5.41) is 0.524. The minimum Gasteiger partial charge on any atom is -0.484 e. The van der Waals surface area contributed by atoms with Gasteiger partial charge in [-0.3, -0.25) is 4.79 Å². The second kappa shape index (κ2) is 6.33. The zero-order valence-electron chi connectivity index (χ0n) is 10.00. The number of ether oxygens (including phenoxy) is 1. The maximum Gasteiger partial charge on any atom is 0.200 e. The van der Waals surface area contributed by atoms with Crippen molar-refractivity contribution < 1.29 is 18.3 Å². The lowest BCUT2D eigenvalue weighted by atomic mass is 10.1. The van der Waals surface area contributed by atoms with Crippen LogP contribution >= 0.6 is 27.5 Å². The van der Waals surface area contributed by atoms with Crippen LogP contribution < -0.4 is 4.74 Å². The second-order valence-electron chi connectivity index (χ2n) is 3.92. The number of carbonyl (C=O) groups excluding carboxylic acids is 1. The van der Waals surface area contributed by atoms with E-state index in [4.69, 9.17) is 16.3 Å². The lowest BCUT2D eigenvalue weighted by Gasteiger charge is -2.08. The molecule has 0 atom stereocenters. The summed E-state index contributed by atoms with van der Waals surface area (Å²) < 4.78 is 31.7. The number of hydrogen-bond acceptors (Lipinski definition) is 2. The minimum atomic E-state index is -1.07. The summed E-state index contributed by atoms with van der Waals surface area (Å²) in [7, 11) is 0. The highest BCUT2D eigenvalue weighted by atomic mass is 79.9. The Morgan fingerprint density at radius 2 is 1.90 bits per heavy atom. The highest BCUT2D eigenvalue weighted by Crippen LogP contribution is 2.28. The van der Waals surface area contributed by atoms with E-state index >= 15 is 0 Å². The first-order valence-corrected chi connectivity index (χ1v) is 6.70. The van der Waals surface area contributed by atoms with Crippen molar-refractivity contribution in [1.29, 1.82) is 0 Å². The predicted octanol–water partition coefficient (Wildman–Crippen LogP) is 4.64. The molecule has 0 aromatic heterocycles. The number of rotatable bonds is 4. The average molecular weight is 362 g/mol. The van der Waals surface area contributed by atoms with E-state index in [9.17, 15) is 13.6 Å². The molecule has 0 radical (unpaired) electrons. The van der Waals surface area contributed by atoms with Crippen LogP contribution in [0.1, 0.15) is 10.4 Å². The fraction of sp³-hybridized carbons (Fsp3) is 0.0714. The van der Waals surface area contributed by atoms with Gasteiger partial charge >= 0.3 is 0 Å². The highest BCUT2D eigenvalue weighted by molar-refractivity contribution is 9.10. The summed E-state index contributed by atoms with van der Waals surface area (Å²) in [5.41, 5.74) is 0.0500. The van der Waals surface area contributed by atoms with Gasteiger partial charge in [-0.15, -0.1) is 0 Å². The van der Waals surface area contributed by atoms with Crippen molar-refractivity contribution in [1.82, 2.24) is 0 Å². The standard InChI is InChI=1S/C14H8BrClF2O2/c15-10-6-9(16)2-4-14(10)20-7-13(19)8-1-3-11(17)12(18)5-8/h1-6H,7H2. The SMILES string of the molecule is O=C(COc1ccc(Cl)cc1Br)c1ccc(F)c(F)c1. The number of benzene rings is 2. The third-order valence-electron chi connectivity index (χ3n) is 2.49. The molecule has 20 heavy (non-hydrogen) atoms. The molecule has 2 aromatic carbocycles. The van der Waals surface area contributed by atoms with Gasteiger partial charge in [-0.2, -0.15) is 0 Å². The zero-order valence-corrected chi connectivity index (χ0v) is 12.3. The van der Waals surface area contributed by atoms with Crippen LogP contribution in [0.5, 0.6) is 5.75 Å². The quantitative estimate of drug-likeness (QED) is 0.742. The lowest BCUT2D eigenvalue weighted by Crippen LogP contribution is -2.12. The molecule has 0 saturated carbocycles. The predicted molar refractivity (Wildman–Crippen MR) is 75.3 cm³/mol. The summed E-state index contributed by atoms with van der Waals surface area (Å²) in [6.07, 6.45) is 0. The van der Waals surface area contributed by atoms with Gasteiger partial charge in [0, 0.05) is 10.6 Å². The van der Waals surface area contributed by atoms with Gasteiger partial charge in [0.2, 0.25) is 0 Å². The maximum atomic E-state index is 13.0. The molecule has 0 N–H and O–H groups in total. The van der Waals surface area contributed by atoms with Crippen LogP contribution in [-0.2, 0) is 0 Å². The fourth-order valence-electron chi connectivity index (χ4n) is 1.49. The van der Waals surface area contributed by atoms with Crippen LogP contribution in [0.15, 0.2) is 40.9 Å². The van der Waals surface area contributed by atoms with Gasteiger partial charge < -0.3 is 4.74 Å². The summed E-state index contributed by atoms with van der Waals surface area (Å²) in [6, 6.07) is 7.80. The summed E-state index contributed by atoms with van der Waals surface area (Å²) >= 11 is 9.02. The van der Waals surface area contributed by atoms with Crippen molar-refractivity contribution in [3.8, 4) is 5.75 Å². The van der Waals surface area contributed by atoms with Gasteiger partial charge in [0.25, 0.3) is 0 Å². The minimum absolute atomic E-state index is 0.0500. The summed E-state index contributed by atoms with van der Waals surface area (Å²) in [6.45, 7) is -0.286. The van der Waals surface area contributed by atoms with Crippen LogP contribution in [0.2, 0.25) is 5.02 Å². The summed E-state index contributed by atoms with van der Waals surface area (Å²) in [5.74, 6) is -2.08. The molecule has 0 heterocycles. The first-order chi connectivity index (χ1) is 9.47. The molecule has 0 bridgehead atoms. The van der Waals surface area contributed by atoms with E-state index in [1.165, 1.54) is 6.07 Å². The monoisotopic (exact) mass is 360 g/mol. The Morgan fingerprint density at radius 3 is 2.55 bits per heavy atom. The largest absolute Gasteiger partial charge is 0.484 e. The van der Waals surface area contributed by atoms with Crippen molar-refractivity contribution in [2.45, 2.75) is 0 Å². The smallest absolute Gasteiger partial charge is 0.200 e. The van der Waals surface area contributed by atoms with Crippen LogP contribution in [0, 0.1) is 11.6 Å². The second-order valence-corrected chi connectivity index (χ2v) is 5.21. The van der Waals surface area contributed by atoms with Gasteiger partial charge in [0.05, 0.1) is 4.47 Å². The van der Waals surface area contributed by atoms with Gasteiger partial charge in [-0.1, -0.05) is 11.6 Å². The molecule has 2 nitrogen and oxygen atoms in total. The molecule has 0 aliphatic heterocycles. The van der Waals surface area contributed by atoms with Crippen LogP contribution in [-0.4, -0.2) is 12.4 Å². The van der Waals surface area contributed by atoms with E-state index < -0.39 is 17.4 Å².